The Balaban J connectivity index is 0.00000300. The van der Waals surface area contributed by atoms with Crippen LogP contribution in [0.25, 0.3) is 0 Å². The minimum atomic E-state index is -0.563. The molecule has 10 heteroatoms. The Morgan fingerprint density at radius 1 is 1.10 bits per heavy atom. The van der Waals surface area contributed by atoms with Crippen LogP contribution in [0.2, 0.25) is 10.0 Å². The number of nitrogens with one attached hydrogen (secondary N) is 1. The lowest BCUT2D eigenvalue weighted by Gasteiger charge is -2.36. The molecule has 0 aliphatic carbocycles. The van der Waals surface area contributed by atoms with Crippen molar-refractivity contribution in [3.8, 4) is 0 Å². The predicted octanol–water partition coefficient (Wildman–Crippen LogP) is 4.72. The molecule has 3 rings (SSSR count). The van der Waals surface area contributed by atoms with E-state index in [4.69, 9.17) is 23.2 Å². The molecule has 2 aromatic carbocycles. The Morgan fingerprint density at radius 3 is 2.34 bits per heavy atom. The molecule has 1 heterocycles. The SMILES string of the molecule is CCN1CCN(c2ccc(NC(=O)c3ccc([N+](=O)[O-])cc3Cl)cc2Cl)CC1.Cl. The zero-order chi connectivity index (χ0) is 20.3. The Morgan fingerprint density at radius 2 is 1.79 bits per heavy atom. The van der Waals surface area contributed by atoms with Gasteiger partial charge >= 0.3 is 0 Å². The molecule has 0 atom stereocenters. The first-order valence-electron chi connectivity index (χ1n) is 8.91. The summed E-state index contributed by atoms with van der Waals surface area (Å²) in [6, 6.07) is 9.09. The molecule has 0 unspecified atom stereocenters. The smallest absolute Gasteiger partial charge is 0.270 e. The second-order valence-electron chi connectivity index (χ2n) is 6.46. The van der Waals surface area contributed by atoms with Gasteiger partial charge in [-0.15, -0.1) is 12.4 Å². The number of non-ortho nitro benzene ring substituents is 1. The van der Waals surface area contributed by atoms with Crippen molar-refractivity contribution in [2.24, 2.45) is 0 Å². The van der Waals surface area contributed by atoms with E-state index in [2.05, 4.69) is 22.0 Å². The first-order valence-corrected chi connectivity index (χ1v) is 9.66. The fourth-order valence-electron chi connectivity index (χ4n) is 3.15. The van der Waals surface area contributed by atoms with E-state index in [1.165, 1.54) is 12.1 Å². The van der Waals surface area contributed by atoms with Gasteiger partial charge in [0, 0.05) is 44.0 Å². The fourth-order valence-corrected chi connectivity index (χ4v) is 3.71. The van der Waals surface area contributed by atoms with Crippen LogP contribution < -0.4 is 10.2 Å². The Kier molecular flexibility index (Phi) is 8.10. The van der Waals surface area contributed by atoms with E-state index in [1.54, 1.807) is 12.1 Å². The molecule has 1 fully saturated rings. The van der Waals surface area contributed by atoms with Crippen LogP contribution in [0, 0.1) is 10.1 Å². The fraction of sp³-hybridized carbons (Fsp3) is 0.316. The number of piperazine rings is 1. The first kappa shape index (κ1) is 23.2. The number of carbonyl (C=O) groups is 1. The molecule has 0 spiro atoms. The maximum atomic E-state index is 12.5. The van der Waals surface area contributed by atoms with Gasteiger partial charge in [-0.2, -0.15) is 0 Å². The summed E-state index contributed by atoms with van der Waals surface area (Å²) in [4.78, 5) is 27.3. The maximum Gasteiger partial charge on any atom is 0.270 e. The minimum absolute atomic E-state index is 0. The monoisotopic (exact) mass is 458 g/mol. The van der Waals surface area contributed by atoms with Gasteiger partial charge in [0.15, 0.2) is 0 Å². The zero-order valence-corrected chi connectivity index (χ0v) is 18.1. The lowest BCUT2D eigenvalue weighted by molar-refractivity contribution is -0.384. The predicted molar refractivity (Wildman–Crippen MR) is 119 cm³/mol. The highest BCUT2D eigenvalue weighted by molar-refractivity contribution is 6.35. The first-order chi connectivity index (χ1) is 13.4. The zero-order valence-electron chi connectivity index (χ0n) is 15.7. The Hall–Kier alpha value is -2.06. The summed E-state index contributed by atoms with van der Waals surface area (Å²) in [6.45, 7) is 6.97. The Bertz CT molecular complexity index is 902. The van der Waals surface area contributed by atoms with Gasteiger partial charge in [-0.1, -0.05) is 30.1 Å². The van der Waals surface area contributed by atoms with Crippen molar-refractivity contribution in [3.63, 3.8) is 0 Å². The summed E-state index contributed by atoms with van der Waals surface area (Å²) in [5, 5.41) is 14.1. The van der Waals surface area contributed by atoms with Crippen molar-refractivity contribution < 1.29 is 9.72 Å². The molecule has 1 saturated heterocycles. The molecular formula is C19H21Cl3N4O3. The molecule has 7 nitrogen and oxygen atoms in total. The number of amides is 1. The van der Waals surface area contributed by atoms with E-state index >= 15 is 0 Å². The van der Waals surface area contributed by atoms with Crippen LogP contribution in [0.3, 0.4) is 0 Å². The largest absolute Gasteiger partial charge is 0.368 e. The number of anilines is 2. The molecule has 0 aromatic heterocycles. The van der Waals surface area contributed by atoms with Crippen molar-refractivity contribution in [2.75, 3.05) is 42.9 Å². The molecule has 1 N–H and O–H groups in total. The molecule has 2 aromatic rings. The third-order valence-corrected chi connectivity index (χ3v) is 5.39. The third kappa shape index (κ3) is 5.51. The average molecular weight is 460 g/mol. The number of nitrogens with zero attached hydrogens (tertiary/aromatic N) is 3. The number of benzene rings is 2. The number of nitro benzene ring substituents is 1. The lowest BCUT2D eigenvalue weighted by Crippen LogP contribution is -2.46. The number of rotatable bonds is 5. The van der Waals surface area contributed by atoms with E-state index in [0.29, 0.717) is 10.7 Å². The van der Waals surface area contributed by atoms with Crippen LogP contribution in [-0.4, -0.2) is 48.5 Å². The van der Waals surface area contributed by atoms with E-state index < -0.39 is 10.8 Å². The molecule has 0 saturated carbocycles. The van der Waals surface area contributed by atoms with Gasteiger partial charge in [-0.25, -0.2) is 0 Å². The quantitative estimate of drug-likeness (QED) is 0.517. The standard InChI is InChI=1S/C19H20Cl2N4O3.ClH/c1-2-23-7-9-24(10-8-23)18-6-3-13(11-17(18)21)22-19(26)15-5-4-14(25(27)28)12-16(15)20;/h3-6,11-12H,2,7-10H2,1H3,(H,22,26);1H. The minimum Gasteiger partial charge on any atom is -0.368 e. The molecule has 1 aliphatic heterocycles. The van der Waals surface area contributed by atoms with E-state index in [0.717, 1.165) is 44.5 Å². The van der Waals surface area contributed by atoms with Crippen LogP contribution in [0.4, 0.5) is 17.1 Å². The van der Waals surface area contributed by atoms with Gasteiger partial charge in [0.25, 0.3) is 11.6 Å². The second kappa shape index (κ2) is 10.1. The molecule has 1 aliphatic rings. The topological polar surface area (TPSA) is 78.7 Å². The number of halogens is 3. The van der Waals surface area contributed by atoms with Gasteiger partial charge < -0.3 is 15.1 Å². The molecule has 156 valence electrons. The van der Waals surface area contributed by atoms with Gasteiger partial charge in [-0.05, 0) is 30.8 Å². The highest BCUT2D eigenvalue weighted by Crippen LogP contribution is 2.30. The number of likely N-dealkylation sites (N-methyl/N-ethyl adjacent to an activating group) is 1. The Labute approximate surface area is 185 Å². The van der Waals surface area contributed by atoms with Crippen molar-refractivity contribution in [2.45, 2.75) is 6.92 Å². The van der Waals surface area contributed by atoms with Crippen LogP contribution in [0.1, 0.15) is 17.3 Å². The molecule has 0 bridgehead atoms. The van der Waals surface area contributed by atoms with Crippen molar-refractivity contribution in [3.05, 3.63) is 62.1 Å². The molecule has 0 radical (unpaired) electrons. The van der Waals surface area contributed by atoms with Crippen LogP contribution >= 0.6 is 35.6 Å². The normalized spacial score (nSPS) is 14.2. The molecule has 29 heavy (non-hydrogen) atoms. The van der Waals surface area contributed by atoms with Gasteiger partial charge in [0.05, 0.1) is 26.2 Å². The third-order valence-electron chi connectivity index (χ3n) is 4.77. The summed E-state index contributed by atoms with van der Waals surface area (Å²) in [5.74, 6) is -0.458. The van der Waals surface area contributed by atoms with E-state index in [1.807, 2.05) is 6.07 Å². The van der Waals surface area contributed by atoms with Crippen molar-refractivity contribution in [1.29, 1.82) is 0 Å². The van der Waals surface area contributed by atoms with E-state index in [9.17, 15) is 14.9 Å². The lowest BCUT2D eigenvalue weighted by atomic mass is 10.1. The van der Waals surface area contributed by atoms with Gasteiger partial charge in [0.1, 0.15) is 0 Å². The number of nitro groups is 1. The highest BCUT2D eigenvalue weighted by atomic mass is 35.5. The average Bonchev–Trinajstić information content (AvgIpc) is 2.68. The van der Waals surface area contributed by atoms with Crippen LogP contribution in [0.5, 0.6) is 0 Å². The maximum absolute atomic E-state index is 12.5. The van der Waals surface area contributed by atoms with E-state index in [-0.39, 0.29) is 28.7 Å². The van der Waals surface area contributed by atoms with Gasteiger partial charge in [-0.3, -0.25) is 14.9 Å². The summed E-state index contributed by atoms with van der Waals surface area (Å²) in [5.41, 5.74) is 1.45. The summed E-state index contributed by atoms with van der Waals surface area (Å²) < 4.78 is 0. The van der Waals surface area contributed by atoms with Gasteiger partial charge in [0.2, 0.25) is 0 Å². The number of hydrogen-bond donors (Lipinski definition) is 1. The second-order valence-corrected chi connectivity index (χ2v) is 7.28. The molecular weight excluding hydrogens is 439 g/mol. The van der Waals surface area contributed by atoms with Crippen molar-refractivity contribution >= 4 is 58.6 Å². The number of hydrogen-bond acceptors (Lipinski definition) is 5. The van der Waals surface area contributed by atoms with Crippen LogP contribution in [0.15, 0.2) is 36.4 Å². The summed E-state index contributed by atoms with van der Waals surface area (Å²) in [7, 11) is 0. The van der Waals surface area contributed by atoms with Crippen LogP contribution in [-0.2, 0) is 0 Å². The summed E-state index contributed by atoms with van der Waals surface area (Å²) >= 11 is 12.5. The van der Waals surface area contributed by atoms with Crippen molar-refractivity contribution in [1.82, 2.24) is 4.90 Å². The summed E-state index contributed by atoms with van der Waals surface area (Å²) in [6.07, 6.45) is 0. The molecule has 1 amide bonds. The number of carbonyl (C=O) groups excluding carboxylic acids is 1. The highest BCUT2D eigenvalue weighted by Gasteiger charge is 2.19.